The summed E-state index contributed by atoms with van der Waals surface area (Å²) in [5.41, 5.74) is 0.435. The average molecular weight is 250 g/mol. The Hall–Kier alpha value is -0.820. The molecular weight excluding hydrogens is 220 g/mol. The Labute approximate surface area is 113 Å². The van der Waals surface area contributed by atoms with Gasteiger partial charge in [-0.15, -0.1) is 0 Å². The molecule has 1 N–H and O–H groups in total. The van der Waals surface area contributed by atoms with Crippen LogP contribution in [0, 0.1) is 5.92 Å². The summed E-state index contributed by atoms with van der Waals surface area (Å²) < 4.78 is 0. The number of rotatable bonds is 2. The minimum atomic E-state index is -0.627. The molecule has 0 aliphatic heterocycles. The van der Waals surface area contributed by atoms with Crippen molar-refractivity contribution in [1.82, 2.24) is 0 Å². The van der Waals surface area contributed by atoms with E-state index in [2.05, 4.69) is 0 Å². The summed E-state index contributed by atoms with van der Waals surface area (Å²) >= 11 is 0. The van der Waals surface area contributed by atoms with Gasteiger partial charge >= 0.3 is 0 Å². The van der Waals surface area contributed by atoms with Crippen LogP contribution >= 0.6 is 0 Å². The van der Waals surface area contributed by atoms with Gasteiger partial charge in [-0.3, -0.25) is 0 Å². The first-order chi connectivity index (χ1) is 8.71. The normalized spacial score (nSPS) is 17.9. The van der Waals surface area contributed by atoms with Gasteiger partial charge in [0, 0.05) is 0 Å². The van der Waals surface area contributed by atoms with Crippen molar-refractivity contribution in [3.8, 4) is 0 Å². The van der Waals surface area contributed by atoms with Crippen LogP contribution in [0.15, 0.2) is 30.3 Å². The molecule has 1 aromatic carbocycles. The molecule has 0 saturated heterocycles. The van der Waals surface area contributed by atoms with Crippen molar-refractivity contribution in [3.05, 3.63) is 35.9 Å². The zero-order valence-corrected chi connectivity index (χ0v) is 12.7. The van der Waals surface area contributed by atoms with E-state index < -0.39 is 5.60 Å². The Balaban J connectivity index is 0.000000659. The van der Waals surface area contributed by atoms with Gasteiger partial charge in [-0.1, -0.05) is 70.9 Å². The lowest BCUT2D eigenvalue weighted by molar-refractivity contribution is -0.00332. The molecule has 0 radical (unpaired) electrons. The van der Waals surface area contributed by atoms with Gasteiger partial charge in [-0.2, -0.15) is 0 Å². The fraction of sp³-hybridized carbons (Fsp3) is 0.647. The molecule has 1 nitrogen and oxygen atoms in total. The maximum atomic E-state index is 10.5. The maximum Gasteiger partial charge on any atom is 0.0896 e. The molecule has 1 aliphatic carbocycles. The summed E-state index contributed by atoms with van der Waals surface area (Å²) in [5, 5.41) is 10.5. The Morgan fingerprint density at radius 3 is 1.83 bits per heavy atom. The molecule has 18 heavy (non-hydrogen) atoms. The van der Waals surface area contributed by atoms with Crippen LogP contribution in [0.5, 0.6) is 0 Å². The highest BCUT2D eigenvalue weighted by molar-refractivity contribution is 5.22. The summed E-state index contributed by atoms with van der Waals surface area (Å²) in [5.74, 6) is 0.449. The van der Waals surface area contributed by atoms with Crippen LogP contribution in [0.4, 0.5) is 0 Å². The number of benzene rings is 1. The van der Waals surface area contributed by atoms with Crippen molar-refractivity contribution in [2.75, 3.05) is 0 Å². The standard InChI is InChI=1S/C13H18O.2C2H6/c1-13(14,12-9-5-6-10-12)11-7-3-2-4-8-11;2*1-2/h2-4,7-8,12,14H,5-6,9-10H2,1H3;2*1-2H3. The largest absolute Gasteiger partial charge is 0.385 e. The molecule has 2 rings (SSSR count). The van der Waals surface area contributed by atoms with E-state index in [1.165, 1.54) is 25.7 Å². The SMILES string of the molecule is CC.CC.CC(O)(c1ccccc1)C1CCCC1. The van der Waals surface area contributed by atoms with Gasteiger partial charge in [0.2, 0.25) is 0 Å². The van der Waals surface area contributed by atoms with Crippen LogP contribution < -0.4 is 0 Å². The quantitative estimate of drug-likeness (QED) is 0.771. The predicted octanol–water partition coefficient (Wildman–Crippen LogP) is 5.14. The van der Waals surface area contributed by atoms with Crippen LogP contribution in [-0.4, -0.2) is 5.11 Å². The Morgan fingerprint density at radius 2 is 1.39 bits per heavy atom. The second-order valence-electron chi connectivity index (χ2n) is 4.49. The molecule has 0 heterocycles. The first kappa shape index (κ1) is 17.2. The topological polar surface area (TPSA) is 20.2 Å². The molecule has 1 atom stereocenters. The van der Waals surface area contributed by atoms with E-state index >= 15 is 0 Å². The molecule has 1 aromatic rings. The number of hydrogen-bond acceptors (Lipinski definition) is 1. The van der Waals surface area contributed by atoms with Gasteiger partial charge in [0.05, 0.1) is 5.60 Å². The van der Waals surface area contributed by atoms with Crippen LogP contribution in [-0.2, 0) is 5.60 Å². The van der Waals surface area contributed by atoms with Gasteiger partial charge in [-0.25, -0.2) is 0 Å². The van der Waals surface area contributed by atoms with Crippen molar-refractivity contribution in [1.29, 1.82) is 0 Å². The van der Waals surface area contributed by atoms with Crippen LogP contribution in [0.2, 0.25) is 0 Å². The predicted molar refractivity (Wildman–Crippen MR) is 80.7 cm³/mol. The van der Waals surface area contributed by atoms with E-state index in [1.807, 2.05) is 65.0 Å². The van der Waals surface area contributed by atoms with Gasteiger partial charge < -0.3 is 5.11 Å². The molecule has 1 unspecified atom stereocenters. The molecule has 0 bridgehead atoms. The van der Waals surface area contributed by atoms with Gasteiger partial charge in [0.25, 0.3) is 0 Å². The summed E-state index contributed by atoms with van der Waals surface area (Å²) in [6, 6.07) is 10.0. The molecule has 1 aliphatic rings. The summed E-state index contributed by atoms with van der Waals surface area (Å²) in [6.07, 6.45) is 4.88. The first-order valence-electron chi connectivity index (χ1n) is 7.49. The minimum absolute atomic E-state index is 0.449. The molecule has 104 valence electrons. The maximum absolute atomic E-state index is 10.5. The Kier molecular flexibility index (Phi) is 8.74. The molecule has 0 spiro atoms. The number of aliphatic hydroxyl groups is 1. The third-order valence-corrected chi connectivity index (χ3v) is 3.51. The second kappa shape index (κ2) is 9.16. The van der Waals surface area contributed by atoms with Crippen molar-refractivity contribution in [2.24, 2.45) is 5.92 Å². The van der Waals surface area contributed by atoms with Crippen LogP contribution in [0.25, 0.3) is 0 Å². The van der Waals surface area contributed by atoms with E-state index in [9.17, 15) is 5.11 Å². The highest BCUT2D eigenvalue weighted by Gasteiger charge is 2.35. The van der Waals surface area contributed by atoms with E-state index in [4.69, 9.17) is 0 Å². The van der Waals surface area contributed by atoms with E-state index in [0.29, 0.717) is 5.92 Å². The highest BCUT2D eigenvalue weighted by atomic mass is 16.3. The smallest absolute Gasteiger partial charge is 0.0896 e. The summed E-state index contributed by atoms with van der Waals surface area (Å²) in [4.78, 5) is 0. The van der Waals surface area contributed by atoms with Gasteiger partial charge in [-0.05, 0) is 31.2 Å². The van der Waals surface area contributed by atoms with Crippen LogP contribution in [0.3, 0.4) is 0 Å². The van der Waals surface area contributed by atoms with Gasteiger partial charge in [0.1, 0.15) is 0 Å². The van der Waals surface area contributed by atoms with Crippen molar-refractivity contribution in [2.45, 2.75) is 65.9 Å². The fourth-order valence-electron chi connectivity index (χ4n) is 2.50. The van der Waals surface area contributed by atoms with Crippen molar-refractivity contribution in [3.63, 3.8) is 0 Å². The molecule has 1 saturated carbocycles. The van der Waals surface area contributed by atoms with Crippen LogP contribution in [0.1, 0.15) is 65.9 Å². The zero-order chi connectivity index (χ0) is 14.0. The number of hydrogen-bond donors (Lipinski definition) is 1. The zero-order valence-electron chi connectivity index (χ0n) is 12.7. The lowest BCUT2D eigenvalue weighted by Crippen LogP contribution is -2.29. The van der Waals surface area contributed by atoms with Crippen molar-refractivity contribution < 1.29 is 5.11 Å². The second-order valence-corrected chi connectivity index (χ2v) is 4.49. The fourth-order valence-corrected chi connectivity index (χ4v) is 2.50. The lowest BCUT2D eigenvalue weighted by atomic mass is 9.82. The Bertz CT molecular complexity index is 284. The highest BCUT2D eigenvalue weighted by Crippen LogP contribution is 2.39. The summed E-state index contributed by atoms with van der Waals surface area (Å²) in [6.45, 7) is 9.96. The molecule has 0 amide bonds. The molecule has 0 aromatic heterocycles. The third-order valence-electron chi connectivity index (χ3n) is 3.51. The van der Waals surface area contributed by atoms with E-state index in [0.717, 1.165) is 5.56 Å². The first-order valence-corrected chi connectivity index (χ1v) is 7.49. The Morgan fingerprint density at radius 1 is 0.944 bits per heavy atom. The third kappa shape index (κ3) is 4.45. The van der Waals surface area contributed by atoms with E-state index in [-0.39, 0.29) is 0 Å². The van der Waals surface area contributed by atoms with Crippen molar-refractivity contribution >= 4 is 0 Å². The average Bonchev–Trinajstić information content (AvgIpc) is 2.99. The lowest BCUT2D eigenvalue weighted by Gasteiger charge is -2.30. The minimum Gasteiger partial charge on any atom is -0.385 e. The molecule has 1 fully saturated rings. The molecular formula is C17H30O. The molecule has 1 heteroatoms. The van der Waals surface area contributed by atoms with Gasteiger partial charge in [0.15, 0.2) is 0 Å². The van der Waals surface area contributed by atoms with E-state index in [1.54, 1.807) is 0 Å². The monoisotopic (exact) mass is 250 g/mol. The summed E-state index contributed by atoms with van der Waals surface area (Å²) in [7, 11) is 0.